The number of halogens is 3. The molecule has 33 heavy (non-hydrogen) atoms. The van der Waals surface area contributed by atoms with Gasteiger partial charge in [0, 0.05) is 28.7 Å². The molecule has 0 aliphatic carbocycles. The predicted octanol–water partition coefficient (Wildman–Crippen LogP) is 6.58. The van der Waals surface area contributed by atoms with Crippen LogP contribution in [0.3, 0.4) is 0 Å². The van der Waals surface area contributed by atoms with Gasteiger partial charge in [-0.1, -0.05) is 47.1 Å². The van der Waals surface area contributed by atoms with E-state index < -0.39 is 0 Å². The zero-order chi connectivity index (χ0) is 23.8. The second-order valence-electron chi connectivity index (χ2n) is 7.07. The summed E-state index contributed by atoms with van der Waals surface area (Å²) >= 11 is 16.9. The Kier molecular flexibility index (Phi) is 9.67. The summed E-state index contributed by atoms with van der Waals surface area (Å²) in [5.74, 6) is 1.63. The lowest BCUT2D eigenvalue weighted by molar-refractivity contribution is -0.113. The number of benzene rings is 2. The van der Waals surface area contributed by atoms with Crippen LogP contribution in [0.4, 0.5) is 5.69 Å². The summed E-state index contributed by atoms with van der Waals surface area (Å²) in [7, 11) is 0. The Morgan fingerprint density at radius 3 is 2.88 bits per heavy atom. The van der Waals surface area contributed by atoms with Crippen molar-refractivity contribution in [1.29, 1.82) is 0 Å². The van der Waals surface area contributed by atoms with Crippen molar-refractivity contribution in [1.82, 2.24) is 14.8 Å². The number of carbonyl (C=O) groups is 1. The van der Waals surface area contributed by atoms with Crippen LogP contribution in [0.2, 0.25) is 10.0 Å². The van der Waals surface area contributed by atoms with Crippen LogP contribution in [0.1, 0.15) is 17.8 Å². The molecule has 0 radical (unpaired) electrons. The van der Waals surface area contributed by atoms with Crippen LogP contribution in [0.25, 0.3) is 0 Å². The maximum absolute atomic E-state index is 12.4. The summed E-state index contributed by atoms with van der Waals surface area (Å²) in [6, 6.07) is 10.8. The summed E-state index contributed by atoms with van der Waals surface area (Å²) in [4.78, 5) is 12.4. The second kappa shape index (κ2) is 12.5. The molecular weight excluding hydrogens is 547 g/mol. The second-order valence-corrected chi connectivity index (χ2v) is 9.71. The van der Waals surface area contributed by atoms with Crippen LogP contribution in [0.15, 0.2) is 58.7 Å². The summed E-state index contributed by atoms with van der Waals surface area (Å²) < 4.78 is 8.60. The molecule has 0 saturated heterocycles. The van der Waals surface area contributed by atoms with Gasteiger partial charge in [0.15, 0.2) is 5.16 Å². The molecule has 0 fully saturated rings. The Morgan fingerprint density at radius 1 is 1.30 bits per heavy atom. The fraction of sp³-hybridized carbons (Fsp3) is 0.261. The molecule has 0 bridgehead atoms. The van der Waals surface area contributed by atoms with Gasteiger partial charge in [0.1, 0.15) is 11.6 Å². The van der Waals surface area contributed by atoms with Gasteiger partial charge in [-0.25, -0.2) is 0 Å². The minimum Gasteiger partial charge on any atom is -0.492 e. The number of thioether (sulfide) groups is 1. The van der Waals surface area contributed by atoms with E-state index in [1.165, 1.54) is 11.8 Å². The Morgan fingerprint density at radius 2 is 2.12 bits per heavy atom. The van der Waals surface area contributed by atoms with Gasteiger partial charge in [-0.15, -0.1) is 16.8 Å². The molecule has 0 atom stereocenters. The van der Waals surface area contributed by atoms with Crippen molar-refractivity contribution in [3.63, 3.8) is 0 Å². The SMILES string of the molecule is C=CCn1c(CCCOc2ccc(Cl)cc2Br)nnc1SCC(=O)Nc1cccc(Cl)c1C. The van der Waals surface area contributed by atoms with Gasteiger partial charge in [0.2, 0.25) is 5.91 Å². The molecule has 1 aromatic heterocycles. The number of allylic oxidation sites excluding steroid dienone is 1. The number of anilines is 1. The van der Waals surface area contributed by atoms with Gasteiger partial charge in [0.05, 0.1) is 16.8 Å². The molecule has 1 heterocycles. The Hall–Kier alpha value is -2.00. The van der Waals surface area contributed by atoms with E-state index in [1.807, 2.05) is 23.6 Å². The highest BCUT2D eigenvalue weighted by atomic mass is 79.9. The number of carbonyl (C=O) groups excluding carboxylic acids is 1. The normalized spacial score (nSPS) is 10.8. The van der Waals surface area contributed by atoms with Gasteiger partial charge in [-0.3, -0.25) is 4.79 Å². The Balaban J connectivity index is 1.54. The van der Waals surface area contributed by atoms with Crippen molar-refractivity contribution in [3.05, 3.63) is 75.0 Å². The van der Waals surface area contributed by atoms with E-state index >= 15 is 0 Å². The highest BCUT2D eigenvalue weighted by Gasteiger charge is 2.14. The number of rotatable bonds is 11. The van der Waals surface area contributed by atoms with E-state index in [0.717, 1.165) is 28.0 Å². The van der Waals surface area contributed by atoms with Crippen molar-refractivity contribution < 1.29 is 9.53 Å². The maximum Gasteiger partial charge on any atom is 0.234 e. The zero-order valence-corrected chi connectivity index (χ0v) is 21.9. The Bertz CT molecular complexity index is 1140. The average molecular weight is 570 g/mol. The third kappa shape index (κ3) is 7.24. The largest absolute Gasteiger partial charge is 0.492 e. The zero-order valence-electron chi connectivity index (χ0n) is 18.0. The average Bonchev–Trinajstić information content (AvgIpc) is 3.16. The molecule has 1 N–H and O–H groups in total. The fourth-order valence-electron chi connectivity index (χ4n) is 2.99. The van der Waals surface area contributed by atoms with Gasteiger partial charge in [0.25, 0.3) is 0 Å². The van der Waals surface area contributed by atoms with E-state index in [9.17, 15) is 4.79 Å². The molecular formula is C23H23BrCl2N4O2S. The molecule has 2 aromatic carbocycles. The van der Waals surface area contributed by atoms with Crippen molar-refractivity contribution in [2.75, 3.05) is 17.7 Å². The molecule has 1 amide bonds. The first kappa shape index (κ1) is 25.6. The summed E-state index contributed by atoms with van der Waals surface area (Å²) in [6.07, 6.45) is 3.22. The smallest absolute Gasteiger partial charge is 0.234 e. The van der Waals surface area contributed by atoms with Gasteiger partial charge >= 0.3 is 0 Å². The molecule has 174 valence electrons. The van der Waals surface area contributed by atoms with Crippen molar-refractivity contribution >= 4 is 62.5 Å². The molecule has 10 heteroatoms. The maximum atomic E-state index is 12.4. The number of ether oxygens (including phenoxy) is 1. The van der Waals surface area contributed by atoms with Crippen LogP contribution >= 0.6 is 50.9 Å². The first-order valence-corrected chi connectivity index (χ1v) is 12.7. The first-order valence-electron chi connectivity index (χ1n) is 10.2. The van der Waals surface area contributed by atoms with Gasteiger partial charge < -0.3 is 14.6 Å². The molecule has 6 nitrogen and oxygen atoms in total. The van der Waals surface area contributed by atoms with E-state index in [0.29, 0.717) is 40.5 Å². The molecule has 0 spiro atoms. The van der Waals surface area contributed by atoms with Gasteiger partial charge in [-0.2, -0.15) is 0 Å². The number of nitrogens with one attached hydrogen (secondary N) is 1. The molecule has 0 aliphatic rings. The number of hydrogen-bond donors (Lipinski definition) is 1. The fourth-order valence-corrected chi connectivity index (χ4v) is 4.73. The van der Waals surface area contributed by atoms with Crippen molar-refractivity contribution in [2.24, 2.45) is 0 Å². The summed E-state index contributed by atoms with van der Waals surface area (Å²) in [6.45, 7) is 6.77. The number of aryl methyl sites for hydroxylation is 1. The number of hydrogen-bond acceptors (Lipinski definition) is 5. The highest BCUT2D eigenvalue weighted by molar-refractivity contribution is 9.10. The molecule has 0 saturated carbocycles. The minimum atomic E-state index is -0.137. The summed E-state index contributed by atoms with van der Waals surface area (Å²) in [5, 5.41) is 13.4. The lowest BCUT2D eigenvalue weighted by Crippen LogP contribution is -2.15. The molecule has 3 aromatic rings. The molecule has 0 unspecified atom stereocenters. The van der Waals surface area contributed by atoms with Crippen LogP contribution in [0, 0.1) is 6.92 Å². The number of nitrogens with zero attached hydrogens (tertiary/aromatic N) is 3. The Labute approximate surface area is 215 Å². The highest BCUT2D eigenvalue weighted by Crippen LogP contribution is 2.28. The van der Waals surface area contributed by atoms with Gasteiger partial charge in [-0.05, 0) is 65.2 Å². The van der Waals surface area contributed by atoms with Crippen LogP contribution in [0.5, 0.6) is 5.75 Å². The minimum absolute atomic E-state index is 0.137. The lowest BCUT2D eigenvalue weighted by Gasteiger charge is -2.11. The third-order valence-electron chi connectivity index (χ3n) is 4.68. The number of amides is 1. The van der Waals surface area contributed by atoms with Crippen LogP contribution in [-0.4, -0.2) is 33.0 Å². The lowest BCUT2D eigenvalue weighted by atomic mass is 10.2. The first-order chi connectivity index (χ1) is 15.9. The number of aromatic nitrogens is 3. The van der Waals surface area contributed by atoms with Crippen molar-refractivity contribution in [2.45, 2.75) is 31.5 Å². The van der Waals surface area contributed by atoms with E-state index in [2.05, 4.69) is 38.0 Å². The van der Waals surface area contributed by atoms with Crippen LogP contribution in [-0.2, 0) is 17.8 Å². The quantitative estimate of drug-likeness (QED) is 0.160. The van der Waals surface area contributed by atoms with Crippen molar-refractivity contribution in [3.8, 4) is 5.75 Å². The van der Waals surface area contributed by atoms with E-state index in [1.54, 1.807) is 30.3 Å². The van der Waals surface area contributed by atoms with Crippen LogP contribution < -0.4 is 10.1 Å². The topological polar surface area (TPSA) is 69.0 Å². The molecule has 0 aliphatic heterocycles. The standard InChI is InChI=1S/C23H23BrCl2N4O2S/c1-3-11-30-21(8-5-12-32-20-10-9-16(25)13-17(20)24)28-29-23(30)33-14-22(31)27-19-7-4-6-18(26)15(19)2/h3-4,6-7,9-10,13H,1,5,8,11-12,14H2,2H3,(H,27,31). The van der Waals surface area contributed by atoms with E-state index in [4.69, 9.17) is 27.9 Å². The summed E-state index contributed by atoms with van der Waals surface area (Å²) in [5.41, 5.74) is 1.54. The molecule has 3 rings (SSSR count). The third-order valence-corrected chi connectivity index (χ3v) is 6.91. The monoisotopic (exact) mass is 568 g/mol. The predicted molar refractivity (Wildman–Crippen MR) is 139 cm³/mol. The van der Waals surface area contributed by atoms with E-state index in [-0.39, 0.29) is 11.7 Å².